The van der Waals surface area contributed by atoms with Gasteiger partial charge in [-0.05, 0) is 11.6 Å². The lowest BCUT2D eigenvalue weighted by atomic mass is 10.2. The van der Waals surface area contributed by atoms with Crippen molar-refractivity contribution in [3.8, 4) is 0 Å². The highest BCUT2D eigenvalue weighted by atomic mass is 32.2. The second kappa shape index (κ2) is 5.04. The first-order valence-corrected chi connectivity index (χ1v) is 6.31. The van der Waals surface area contributed by atoms with Gasteiger partial charge in [-0.25, -0.2) is 0 Å². The fourth-order valence-electron chi connectivity index (χ4n) is 1.16. The Balaban J connectivity index is 2.12. The summed E-state index contributed by atoms with van der Waals surface area (Å²) in [6, 6.07) is 3.75. The molecule has 0 aliphatic rings. The first-order valence-electron chi connectivity index (χ1n) is 4.44. The van der Waals surface area contributed by atoms with Gasteiger partial charge in [0.1, 0.15) is 17.0 Å². The molecular formula is C9H9N5S2. The minimum Gasteiger partial charge on any atom is -0.382 e. The fourth-order valence-corrected chi connectivity index (χ4v) is 2.64. The molecule has 0 radical (unpaired) electrons. The molecule has 2 heterocycles. The van der Waals surface area contributed by atoms with Crippen LogP contribution >= 0.6 is 23.1 Å². The maximum Gasteiger partial charge on any atom is 0.174 e. The van der Waals surface area contributed by atoms with Crippen LogP contribution in [0.5, 0.6) is 0 Å². The maximum atomic E-state index is 7.41. The summed E-state index contributed by atoms with van der Waals surface area (Å²) in [5.41, 5.74) is 8.62. The molecule has 3 N–H and O–H groups in total. The summed E-state index contributed by atoms with van der Waals surface area (Å²) < 4.78 is 0.901. The SMILES string of the molecule is N=C(N)c1ncccc1CSc1nncs1. The Morgan fingerprint density at radius 2 is 2.44 bits per heavy atom. The molecule has 16 heavy (non-hydrogen) atoms. The van der Waals surface area contributed by atoms with E-state index in [2.05, 4.69) is 15.2 Å². The smallest absolute Gasteiger partial charge is 0.174 e. The fraction of sp³-hybridized carbons (Fsp3) is 0.111. The average molecular weight is 251 g/mol. The van der Waals surface area contributed by atoms with E-state index < -0.39 is 0 Å². The van der Waals surface area contributed by atoms with Gasteiger partial charge in [-0.2, -0.15) is 0 Å². The molecule has 0 unspecified atom stereocenters. The summed E-state index contributed by atoms with van der Waals surface area (Å²) in [6.07, 6.45) is 1.63. The summed E-state index contributed by atoms with van der Waals surface area (Å²) in [5, 5.41) is 15.1. The molecule has 0 aliphatic heterocycles. The quantitative estimate of drug-likeness (QED) is 0.488. The summed E-state index contributed by atoms with van der Waals surface area (Å²) in [5.74, 6) is 0.686. The van der Waals surface area contributed by atoms with Crippen LogP contribution in [-0.2, 0) is 5.75 Å². The van der Waals surface area contributed by atoms with E-state index in [9.17, 15) is 0 Å². The maximum absolute atomic E-state index is 7.41. The monoisotopic (exact) mass is 251 g/mol. The van der Waals surface area contributed by atoms with Crippen molar-refractivity contribution in [1.29, 1.82) is 5.41 Å². The second-order valence-corrected chi connectivity index (χ2v) is 4.97. The number of nitrogen functional groups attached to an aromatic ring is 1. The number of pyridine rings is 1. The molecule has 0 saturated heterocycles. The third-order valence-corrected chi connectivity index (χ3v) is 3.75. The largest absolute Gasteiger partial charge is 0.382 e. The van der Waals surface area contributed by atoms with Gasteiger partial charge >= 0.3 is 0 Å². The first-order chi connectivity index (χ1) is 7.77. The molecule has 0 amide bonds. The van der Waals surface area contributed by atoms with Crippen LogP contribution < -0.4 is 5.73 Å². The van der Waals surface area contributed by atoms with Gasteiger partial charge < -0.3 is 5.73 Å². The zero-order valence-electron chi connectivity index (χ0n) is 8.25. The summed E-state index contributed by atoms with van der Waals surface area (Å²) in [4.78, 5) is 4.08. The first kappa shape index (κ1) is 11.0. The van der Waals surface area contributed by atoms with Gasteiger partial charge in [0.15, 0.2) is 4.34 Å². The van der Waals surface area contributed by atoms with Crippen molar-refractivity contribution < 1.29 is 0 Å². The number of aromatic nitrogens is 3. The van der Waals surface area contributed by atoms with Crippen molar-refractivity contribution >= 4 is 28.9 Å². The van der Waals surface area contributed by atoms with Crippen molar-refractivity contribution in [2.75, 3.05) is 0 Å². The van der Waals surface area contributed by atoms with Crippen LogP contribution in [0, 0.1) is 5.41 Å². The predicted molar refractivity (Wildman–Crippen MR) is 64.7 cm³/mol. The number of nitrogens with zero attached hydrogens (tertiary/aromatic N) is 3. The molecule has 0 aromatic carbocycles. The molecule has 0 fully saturated rings. The van der Waals surface area contributed by atoms with Gasteiger partial charge in [0.2, 0.25) is 0 Å². The number of rotatable bonds is 4. The van der Waals surface area contributed by atoms with E-state index in [1.54, 1.807) is 23.5 Å². The van der Waals surface area contributed by atoms with Gasteiger partial charge in [-0.15, -0.1) is 10.2 Å². The average Bonchev–Trinajstić information content (AvgIpc) is 2.79. The van der Waals surface area contributed by atoms with E-state index in [1.165, 1.54) is 11.3 Å². The van der Waals surface area contributed by atoms with Crippen molar-refractivity contribution in [2.24, 2.45) is 5.73 Å². The van der Waals surface area contributed by atoms with Crippen LogP contribution in [0.4, 0.5) is 0 Å². The van der Waals surface area contributed by atoms with Gasteiger partial charge in [0.05, 0.1) is 0 Å². The van der Waals surface area contributed by atoms with E-state index in [0.717, 1.165) is 9.90 Å². The highest BCUT2D eigenvalue weighted by Gasteiger charge is 2.07. The lowest BCUT2D eigenvalue weighted by molar-refractivity contribution is 1.01. The molecule has 0 bridgehead atoms. The van der Waals surface area contributed by atoms with E-state index >= 15 is 0 Å². The number of hydrogen-bond acceptors (Lipinski definition) is 6. The zero-order chi connectivity index (χ0) is 11.4. The predicted octanol–water partition coefficient (Wildman–Crippen LogP) is 1.51. The molecule has 5 nitrogen and oxygen atoms in total. The lowest BCUT2D eigenvalue weighted by Crippen LogP contribution is -2.15. The molecule has 2 aromatic heterocycles. The molecular weight excluding hydrogens is 242 g/mol. The number of thioether (sulfide) groups is 1. The minimum atomic E-state index is -0.00605. The third-order valence-electron chi connectivity index (χ3n) is 1.84. The molecule has 0 spiro atoms. The van der Waals surface area contributed by atoms with Crippen LogP contribution in [0.25, 0.3) is 0 Å². The third kappa shape index (κ3) is 2.56. The normalized spacial score (nSPS) is 10.2. The van der Waals surface area contributed by atoms with Crippen molar-refractivity contribution in [1.82, 2.24) is 15.2 Å². The molecule has 82 valence electrons. The zero-order valence-corrected chi connectivity index (χ0v) is 9.88. The van der Waals surface area contributed by atoms with Crippen LogP contribution in [0.1, 0.15) is 11.3 Å². The Labute approximate surface area is 101 Å². The molecule has 0 saturated carbocycles. The second-order valence-electron chi connectivity index (χ2n) is 2.92. The molecule has 0 atom stereocenters. The molecule has 0 aliphatic carbocycles. The Hall–Kier alpha value is -1.47. The Kier molecular flexibility index (Phi) is 3.47. The highest BCUT2D eigenvalue weighted by Crippen LogP contribution is 2.24. The number of hydrogen-bond donors (Lipinski definition) is 2. The van der Waals surface area contributed by atoms with Crippen molar-refractivity contribution in [2.45, 2.75) is 10.1 Å². The van der Waals surface area contributed by atoms with Gasteiger partial charge in [0, 0.05) is 11.9 Å². The van der Waals surface area contributed by atoms with Crippen LogP contribution in [0.3, 0.4) is 0 Å². The van der Waals surface area contributed by atoms with Gasteiger partial charge in [0.25, 0.3) is 0 Å². The van der Waals surface area contributed by atoms with Crippen molar-refractivity contribution in [3.05, 3.63) is 35.1 Å². The number of amidine groups is 1. The van der Waals surface area contributed by atoms with Gasteiger partial charge in [-0.1, -0.05) is 29.2 Å². The lowest BCUT2D eigenvalue weighted by Gasteiger charge is -2.04. The van der Waals surface area contributed by atoms with E-state index in [-0.39, 0.29) is 5.84 Å². The van der Waals surface area contributed by atoms with Crippen LogP contribution in [0.15, 0.2) is 28.2 Å². The molecule has 2 rings (SSSR count). The number of nitrogens with one attached hydrogen (secondary N) is 1. The summed E-state index contributed by atoms with van der Waals surface area (Å²) in [7, 11) is 0. The van der Waals surface area contributed by atoms with E-state index in [4.69, 9.17) is 11.1 Å². The minimum absolute atomic E-state index is 0.00605. The summed E-state index contributed by atoms with van der Waals surface area (Å²) in [6.45, 7) is 0. The van der Waals surface area contributed by atoms with E-state index in [1.807, 2.05) is 12.1 Å². The van der Waals surface area contributed by atoms with Gasteiger partial charge in [-0.3, -0.25) is 10.4 Å². The van der Waals surface area contributed by atoms with E-state index in [0.29, 0.717) is 11.4 Å². The summed E-state index contributed by atoms with van der Waals surface area (Å²) >= 11 is 3.06. The Bertz CT molecular complexity index is 482. The molecule has 7 heteroatoms. The van der Waals surface area contributed by atoms with Crippen LogP contribution in [-0.4, -0.2) is 21.0 Å². The van der Waals surface area contributed by atoms with Crippen LogP contribution in [0.2, 0.25) is 0 Å². The molecule has 2 aromatic rings. The Morgan fingerprint density at radius 3 is 3.12 bits per heavy atom. The highest BCUT2D eigenvalue weighted by molar-refractivity contribution is 8.00. The Morgan fingerprint density at radius 1 is 1.56 bits per heavy atom. The number of nitrogens with two attached hydrogens (primary N) is 1. The van der Waals surface area contributed by atoms with Crippen molar-refractivity contribution in [3.63, 3.8) is 0 Å². The standard InChI is InChI=1S/C9H9N5S2/c10-8(11)7-6(2-1-3-12-7)4-15-9-14-13-5-16-9/h1-3,5H,4H2,(H3,10,11). The topological polar surface area (TPSA) is 88.5 Å².